The summed E-state index contributed by atoms with van der Waals surface area (Å²) in [7, 11) is -1.53. The summed E-state index contributed by atoms with van der Waals surface area (Å²) >= 11 is 3.29. The van der Waals surface area contributed by atoms with E-state index in [0.29, 0.717) is 18.0 Å². The Kier molecular flexibility index (Phi) is 8.01. The minimum absolute atomic E-state index is 0.413. The summed E-state index contributed by atoms with van der Waals surface area (Å²) in [6.45, 7) is 1.10. The standard InChI is InChI=1S/C12H22N2O2S3/c1-13-10-11-12(6-9-18-11)19(15,16)14-7-4-3-5-8-17-2/h6,9,13-14H,3-5,7-8,10H2,1-2H3. The fourth-order valence-electron chi connectivity index (χ4n) is 1.69. The first-order valence-corrected chi connectivity index (χ1v) is 10.1. The van der Waals surface area contributed by atoms with Crippen molar-refractivity contribution in [2.45, 2.75) is 30.7 Å². The van der Waals surface area contributed by atoms with Gasteiger partial charge in [0.25, 0.3) is 0 Å². The van der Waals surface area contributed by atoms with Gasteiger partial charge in [-0.05, 0) is 43.3 Å². The van der Waals surface area contributed by atoms with Crippen molar-refractivity contribution in [3.63, 3.8) is 0 Å². The van der Waals surface area contributed by atoms with Crippen LogP contribution < -0.4 is 10.0 Å². The van der Waals surface area contributed by atoms with Gasteiger partial charge in [-0.2, -0.15) is 11.8 Å². The zero-order valence-electron chi connectivity index (χ0n) is 11.4. The molecule has 0 amide bonds. The highest BCUT2D eigenvalue weighted by atomic mass is 32.2. The SMILES string of the molecule is CNCc1sccc1S(=O)(=O)NCCCCCSC. The normalized spacial score (nSPS) is 11.9. The molecule has 0 aliphatic rings. The number of hydrogen-bond donors (Lipinski definition) is 2. The van der Waals surface area contributed by atoms with Crippen LogP contribution in [0, 0.1) is 0 Å². The van der Waals surface area contributed by atoms with E-state index >= 15 is 0 Å². The van der Waals surface area contributed by atoms with E-state index in [-0.39, 0.29) is 0 Å². The lowest BCUT2D eigenvalue weighted by Gasteiger charge is -2.07. The van der Waals surface area contributed by atoms with Crippen LogP contribution in [0.3, 0.4) is 0 Å². The Hall–Kier alpha value is -0.0800. The second-order valence-corrected chi connectivity index (χ2v) is 7.91. The van der Waals surface area contributed by atoms with Crippen molar-refractivity contribution in [1.29, 1.82) is 0 Å². The molecular weight excluding hydrogens is 300 g/mol. The third-order valence-electron chi connectivity index (χ3n) is 2.65. The van der Waals surface area contributed by atoms with Gasteiger partial charge in [0.1, 0.15) is 0 Å². The molecule has 0 saturated heterocycles. The summed E-state index contributed by atoms with van der Waals surface area (Å²) in [6.07, 6.45) is 5.19. The van der Waals surface area contributed by atoms with Gasteiger partial charge in [-0.1, -0.05) is 6.42 Å². The number of unbranched alkanes of at least 4 members (excludes halogenated alkanes) is 2. The molecule has 0 fully saturated rings. The zero-order chi connectivity index (χ0) is 14.1. The van der Waals surface area contributed by atoms with Crippen molar-refractivity contribution in [3.05, 3.63) is 16.3 Å². The Morgan fingerprint density at radius 3 is 2.79 bits per heavy atom. The summed E-state index contributed by atoms with van der Waals surface area (Å²) in [5.74, 6) is 1.14. The lowest BCUT2D eigenvalue weighted by Crippen LogP contribution is -2.25. The molecule has 2 N–H and O–H groups in total. The maximum atomic E-state index is 12.1. The van der Waals surface area contributed by atoms with Crippen LogP contribution in [-0.4, -0.2) is 34.0 Å². The smallest absolute Gasteiger partial charge is 0.241 e. The number of thiophene rings is 1. The number of thioether (sulfide) groups is 1. The summed E-state index contributed by atoms with van der Waals surface area (Å²) in [5.41, 5.74) is 0. The molecule has 0 radical (unpaired) electrons. The summed E-state index contributed by atoms with van der Waals surface area (Å²) < 4.78 is 27.0. The molecule has 0 spiro atoms. The predicted molar refractivity (Wildman–Crippen MR) is 84.5 cm³/mol. The molecule has 110 valence electrons. The first-order chi connectivity index (χ1) is 9.11. The lowest BCUT2D eigenvalue weighted by molar-refractivity contribution is 0.575. The number of sulfonamides is 1. The van der Waals surface area contributed by atoms with Crippen molar-refractivity contribution in [2.75, 3.05) is 25.6 Å². The van der Waals surface area contributed by atoms with Crippen molar-refractivity contribution >= 4 is 33.1 Å². The quantitative estimate of drug-likeness (QED) is 0.649. The van der Waals surface area contributed by atoms with Crippen LogP contribution >= 0.6 is 23.1 Å². The van der Waals surface area contributed by atoms with Gasteiger partial charge in [0.05, 0.1) is 4.90 Å². The van der Waals surface area contributed by atoms with Crippen LogP contribution in [0.5, 0.6) is 0 Å². The Morgan fingerprint density at radius 1 is 1.32 bits per heavy atom. The molecule has 0 saturated carbocycles. The van der Waals surface area contributed by atoms with Gasteiger partial charge >= 0.3 is 0 Å². The molecule has 0 unspecified atom stereocenters. The molecule has 0 aliphatic heterocycles. The van der Waals surface area contributed by atoms with Crippen molar-refractivity contribution < 1.29 is 8.42 Å². The molecule has 0 aromatic carbocycles. The van der Waals surface area contributed by atoms with Crippen molar-refractivity contribution in [3.8, 4) is 0 Å². The summed E-state index contributed by atoms with van der Waals surface area (Å²) in [5, 5.41) is 4.81. The topological polar surface area (TPSA) is 58.2 Å². The van der Waals surface area contributed by atoms with Crippen LogP contribution in [0.1, 0.15) is 24.1 Å². The monoisotopic (exact) mass is 322 g/mol. The van der Waals surface area contributed by atoms with Gasteiger partial charge in [-0.3, -0.25) is 0 Å². The molecule has 19 heavy (non-hydrogen) atoms. The highest BCUT2D eigenvalue weighted by Gasteiger charge is 2.18. The average molecular weight is 323 g/mol. The number of rotatable bonds is 10. The van der Waals surface area contributed by atoms with E-state index in [1.165, 1.54) is 11.3 Å². The largest absolute Gasteiger partial charge is 0.315 e. The van der Waals surface area contributed by atoms with Gasteiger partial charge in [0.2, 0.25) is 10.0 Å². The Morgan fingerprint density at radius 2 is 2.11 bits per heavy atom. The average Bonchev–Trinajstić information content (AvgIpc) is 2.83. The maximum Gasteiger partial charge on any atom is 0.241 e. The van der Waals surface area contributed by atoms with Crippen LogP contribution in [0.2, 0.25) is 0 Å². The molecule has 7 heteroatoms. The first kappa shape index (κ1) is 17.0. The molecule has 1 aromatic heterocycles. The van der Waals surface area contributed by atoms with Crippen LogP contribution in [0.15, 0.2) is 16.3 Å². The third-order valence-corrected chi connectivity index (χ3v) is 5.94. The highest BCUT2D eigenvalue weighted by molar-refractivity contribution is 7.98. The Bertz CT molecular complexity index is 457. The van der Waals surface area contributed by atoms with Crippen LogP contribution in [0.4, 0.5) is 0 Å². The molecule has 0 bridgehead atoms. The van der Waals surface area contributed by atoms with E-state index in [1.807, 2.05) is 24.2 Å². The third kappa shape index (κ3) is 5.83. The summed E-state index contributed by atoms with van der Waals surface area (Å²) in [6, 6.07) is 1.67. The predicted octanol–water partition coefficient (Wildman–Crippen LogP) is 2.28. The van der Waals surface area contributed by atoms with E-state index in [9.17, 15) is 8.42 Å². The highest BCUT2D eigenvalue weighted by Crippen LogP contribution is 2.21. The van der Waals surface area contributed by atoms with E-state index in [4.69, 9.17) is 0 Å². The van der Waals surface area contributed by atoms with E-state index in [1.54, 1.807) is 6.07 Å². The first-order valence-electron chi connectivity index (χ1n) is 6.31. The van der Waals surface area contributed by atoms with Crippen molar-refractivity contribution in [2.24, 2.45) is 0 Å². The number of nitrogens with one attached hydrogen (secondary N) is 2. The van der Waals surface area contributed by atoms with Gasteiger partial charge in [0, 0.05) is 18.0 Å². The maximum absolute atomic E-state index is 12.1. The Balaban J connectivity index is 2.45. The molecule has 1 aromatic rings. The molecule has 0 aliphatic carbocycles. The minimum atomic E-state index is -3.35. The second kappa shape index (κ2) is 8.97. The second-order valence-electron chi connectivity index (χ2n) is 4.19. The lowest BCUT2D eigenvalue weighted by atomic mass is 10.2. The fourth-order valence-corrected chi connectivity index (χ4v) is 4.71. The van der Waals surface area contributed by atoms with Gasteiger partial charge in [0.15, 0.2) is 0 Å². The molecular formula is C12H22N2O2S3. The van der Waals surface area contributed by atoms with Crippen LogP contribution in [0.25, 0.3) is 0 Å². The van der Waals surface area contributed by atoms with E-state index < -0.39 is 10.0 Å². The minimum Gasteiger partial charge on any atom is -0.315 e. The van der Waals surface area contributed by atoms with Crippen molar-refractivity contribution in [1.82, 2.24) is 10.0 Å². The molecule has 0 atom stereocenters. The van der Waals surface area contributed by atoms with E-state index in [2.05, 4.69) is 16.3 Å². The Labute approximate surface area is 124 Å². The molecule has 4 nitrogen and oxygen atoms in total. The van der Waals surface area contributed by atoms with E-state index in [0.717, 1.165) is 29.9 Å². The van der Waals surface area contributed by atoms with Crippen LogP contribution in [-0.2, 0) is 16.6 Å². The summed E-state index contributed by atoms with van der Waals surface area (Å²) in [4.78, 5) is 1.27. The fraction of sp³-hybridized carbons (Fsp3) is 0.667. The van der Waals surface area contributed by atoms with Gasteiger partial charge in [-0.25, -0.2) is 13.1 Å². The van der Waals surface area contributed by atoms with Gasteiger partial charge < -0.3 is 5.32 Å². The molecule has 1 rings (SSSR count). The van der Waals surface area contributed by atoms with Gasteiger partial charge in [-0.15, -0.1) is 11.3 Å². The zero-order valence-corrected chi connectivity index (χ0v) is 13.9. The number of hydrogen-bond acceptors (Lipinski definition) is 5. The molecule has 1 heterocycles.